The number of rotatable bonds is 8. The number of carbonyl (C=O) groups excluding carboxylic acids is 3. The van der Waals surface area contributed by atoms with Gasteiger partial charge >= 0.3 is 5.97 Å². The predicted octanol–water partition coefficient (Wildman–Crippen LogP) is 1.11. The maximum absolute atomic E-state index is 10.6. The number of unbranched alkanes of at least 4 members (excludes halogenated alkanes) is 2. The number of aliphatic imine (C=N–C) groups is 2. The average molecular weight is 226 g/mol. The second-order valence-electron chi connectivity index (χ2n) is 3.11. The van der Waals surface area contributed by atoms with Crippen molar-refractivity contribution in [2.45, 2.75) is 38.8 Å². The fourth-order valence-corrected chi connectivity index (χ4v) is 1.13. The molecule has 0 N–H and O–H groups in total. The van der Waals surface area contributed by atoms with Gasteiger partial charge in [-0.2, -0.15) is 4.99 Å². The summed E-state index contributed by atoms with van der Waals surface area (Å²) in [4.78, 5) is 37.2. The highest BCUT2D eigenvalue weighted by Gasteiger charge is 2.09. The zero-order chi connectivity index (χ0) is 12.2. The Bertz CT molecular complexity index is 304. The molecule has 0 saturated carbocycles. The molecule has 0 aromatic heterocycles. The molecule has 0 saturated heterocycles. The largest absolute Gasteiger partial charge is 0.439 e. The van der Waals surface area contributed by atoms with Gasteiger partial charge in [0.25, 0.3) is 0 Å². The molecule has 1 atom stereocenters. The van der Waals surface area contributed by atoms with Crippen molar-refractivity contribution >= 4 is 18.1 Å². The topological polar surface area (TPSA) is 85.2 Å². The Morgan fingerprint density at radius 1 is 1.25 bits per heavy atom. The standard InChI is InChI=1S/C10H14N2O4/c1-9(15)16-10(12-8-14)5-3-2-4-6-11-7-13/h10H,2-6H2,1H3. The fraction of sp³-hybridized carbons (Fsp3) is 0.700. The molecule has 1 unspecified atom stereocenters. The molecule has 88 valence electrons. The molecule has 0 aliphatic rings. The van der Waals surface area contributed by atoms with Crippen molar-refractivity contribution in [3.05, 3.63) is 0 Å². The van der Waals surface area contributed by atoms with E-state index in [-0.39, 0.29) is 0 Å². The molecule has 0 bridgehead atoms. The van der Waals surface area contributed by atoms with E-state index in [1.54, 1.807) is 0 Å². The second kappa shape index (κ2) is 9.77. The summed E-state index contributed by atoms with van der Waals surface area (Å²) in [5.41, 5.74) is 0. The van der Waals surface area contributed by atoms with Crippen LogP contribution in [0.4, 0.5) is 0 Å². The van der Waals surface area contributed by atoms with E-state index in [2.05, 4.69) is 9.98 Å². The Kier molecular flexibility index (Phi) is 8.69. The average Bonchev–Trinajstić information content (AvgIpc) is 2.22. The first-order valence-corrected chi connectivity index (χ1v) is 4.98. The van der Waals surface area contributed by atoms with E-state index >= 15 is 0 Å². The molecule has 0 spiro atoms. The number of hydrogen-bond acceptors (Lipinski definition) is 6. The Morgan fingerprint density at radius 3 is 2.56 bits per heavy atom. The second-order valence-corrected chi connectivity index (χ2v) is 3.11. The van der Waals surface area contributed by atoms with Crippen molar-refractivity contribution in [3.63, 3.8) is 0 Å². The van der Waals surface area contributed by atoms with Gasteiger partial charge in [-0.25, -0.2) is 14.6 Å². The van der Waals surface area contributed by atoms with E-state index in [0.29, 0.717) is 13.0 Å². The van der Waals surface area contributed by atoms with Gasteiger partial charge in [0, 0.05) is 13.3 Å². The van der Waals surface area contributed by atoms with Gasteiger partial charge in [0.15, 0.2) is 0 Å². The number of ether oxygens (including phenoxy) is 1. The summed E-state index contributed by atoms with van der Waals surface area (Å²) in [7, 11) is 0. The molecule has 0 amide bonds. The molecular weight excluding hydrogens is 212 g/mol. The molecule has 0 heterocycles. The number of carbonyl (C=O) groups is 1. The van der Waals surface area contributed by atoms with Gasteiger partial charge in [-0.3, -0.25) is 4.79 Å². The molecule has 0 aromatic rings. The summed E-state index contributed by atoms with van der Waals surface area (Å²) in [5.74, 6) is -0.477. The normalized spacial score (nSPS) is 10.8. The number of nitrogens with zero attached hydrogens (tertiary/aromatic N) is 2. The van der Waals surface area contributed by atoms with Gasteiger partial charge in [-0.15, -0.1) is 0 Å². The van der Waals surface area contributed by atoms with E-state index < -0.39 is 12.2 Å². The molecule has 0 fully saturated rings. The van der Waals surface area contributed by atoms with E-state index in [9.17, 15) is 14.4 Å². The lowest BCUT2D eigenvalue weighted by Gasteiger charge is -2.09. The Hall–Kier alpha value is -1.77. The molecule has 0 aromatic carbocycles. The highest BCUT2D eigenvalue weighted by Crippen LogP contribution is 2.08. The molecule has 16 heavy (non-hydrogen) atoms. The molecule has 0 aliphatic carbocycles. The van der Waals surface area contributed by atoms with Crippen LogP contribution < -0.4 is 0 Å². The molecular formula is C10H14N2O4. The summed E-state index contributed by atoms with van der Waals surface area (Å²) < 4.78 is 4.76. The Labute approximate surface area is 93.4 Å². The van der Waals surface area contributed by atoms with E-state index in [1.165, 1.54) is 19.1 Å². The quantitative estimate of drug-likeness (QED) is 0.268. The number of esters is 1. The van der Waals surface area contributed by atoms with Crippen LogP contribution in [0, 0.1) is 0 Å². The Balaban J connectivity index is 3.71. The summed E-state index contributed by atoms with van der Waals surface area (Å²) in [6.07, 6.45) is 4.85. The van der Waals surface area contributed by atoms with Gasteiger partial charge in [0.05, 0.1) is 6.54 Å². The van der Waals surface area contributed by atoms with Crippen LogP contribution >= 0.6 is 0 Å². The van der Waals surface area contributed by atoms with Crippen LogP contribution in [0.3, 0.4) is 0 Å². The zero-order valence-corrected chi connectivity index (χ0v) is 9.14. The van der Waals surface area contributed by atoms with Crippen LogP contribution in [0.25, 0.3) is 0 Å². The molecule has 6 heteroatoms. The van der Waals surface area contributed by atoms with E-state index in [0.717, 1.165) is 19.3 Å². The Morgan fingerprint density at radius 2 is 2.00 bits per heavy atom. The van der Waals surface area contributed by atoms with Crippen molar-refractivity contribution in [2.75, 3.05) is 6.54 Å². The minimum absolute atomic E-state index is 0.443. The van der Waals surface area contributed by atoms with Gasteiger partial charge in [0.2, 0.25) is 18.4 Å². The maximum Gasteiger partial charge on any atom is 0.304 e. The molecule has 0 radical (unpaired) electrons. The zero-order valence-electron chi connectivity index (χ0n) is 9.14. The van der Waals surface area contributed by atoms with Crippen LogP contribution in [0.5, 0.6) is 0 Å². The summed E-state index contributed by atoms with van der Waals surface area (Å²) in [5, 5.41) is 0. The lowest BCUT2D eigenvalue weighted by molar-refractivity contribution is -0.146. The smallest absolute Gasteiger partial charge is 0.304 e. The van der Waals surface area contributed by atoms with Crippen molar-refractivity contribution in [3.8, 4) is 0 Å². The van der Waals surface area contributed by atoms with Crippen molar-refractivity contribution in [2.24, 2.45) is 9.98 Å². The molecule has 0 rings (SSSR count). The molecule has 0 aliphatic heterocycles. The summed E-state index contributed by atoms with van der Waals surface area (Å²) in [6.45, 7) is 1.70. The van der Waals surface area contributed by atoms with Crippen LogP contribution in [0.15, 0.2) is 9.98 Å². The highest BCUT2D eigenvalue weighted by molar-refractivity contribution is 5.66. The number of isocyanates is 2. The summed E-state index contributed by atoms with van der Waals surface area (Å²) in [6, 6.07) is 0. The summed E-state index contributed by atoms with van der Waals surface area (Å²) >= 11 is 0. The highest BCUT2D eigenvalue weighted by atomic mass is 16.6. The van der Waals surface area contributed by atoms with Gasteiger partial charge in [0.1, 0.15) is 0 Å². The predicted molar refractivity (Wildman–Crippen MR) is 55.1 cm³/mol. The van der Waals surface area contributed by atoms with Crippen molar-refractivity contribution < 1.29 is 19.1 Å². The third kappa shape index (κ3) is 8.81. The SMILES string of the molecule is CC(=O)OC(CCCCCN=C=O)N=C=O. The lowest BCUT2D eigenvalue weighted by Crippen LogP contribution is -2.13. The third-order valence-corrected chi connectivity index (χ3v) is 1.78. The maximum atomic E-state index is 10.6. The monoisotopic (exact) mass is 226 g/mol. The molecule has 6 nitrogen and oxygen atoms in total. The van der Waals surface area contributed by atoms with Crippen LogP contribution in [0.2, 0.25) is 0 Å². The number of hydrogen-bond donors (Lipinski definition) is 0. The first-order chi connectivity index (χ1) is 7.70. The van der Waals surface area contributed by atoms with Gasteiger partial charge in [-0.05, 0) is 12.8 Å². The third-order valence-electron chi connectivity index (χ3n) is 1.78. The van der Waals surface area contributed by atoms with Crippen LogP contribution in [-0.4, -0.2) is 30.9 Å². The minimum atomic E-state index is -0.746. The lowest BCUT2D eigenvalue weighted by atomic mass is 10.2. The van der Waals surface area contributed by atoms with E-state index in [4.69, 9.17) is 4.74 Å². The van der Waals surface area contributed by atoms with Crippen molar-refractivity contribution in [1.29, 1.82) is 0 Å². The van der Waals surface area contributed by atoms with Crippen LogP contribution in [-0.2, 0) is 19.1 Å². The van der Waals surface area contributed by atoms with Gasteiger partial charge in [-0.1, -0.05) is 6.42 Å². The minimum Gasteiger partial charge on any atom is -0.439 e. The van der Waals surface area contributed by atoms with E-state index in [1.807, 2.05) is 0 Å². The first kappa shape index (κ1) is 14.2. The van der Waals surface area contributed by atoms with Crippen LogP contribution in [0.1, 0.15) is 32.6 Å². The van der Waals surface area contributed by atoms with Gasteiger partial charge < -0.3 is 4.74 Å². The van der Waals surface area contributed by atoms with Crippen molar-refractivity contribution in [1.82, 2.24) is 0 Å². The fourth-order valence-electron chi connectivity index (χ4n) is 1.13. The first-order valence-electron chi connectivity index (χ1n) is 4.98.